The number of nitrogens with one attached hydrogen (secondary N) is 1. The number of benzene rings is 2. The van der Waals surface area contributed by atoms with Gasteiger partial charge in [0.25, 0.3) is 0 Å². The lowest BCUT2D eigenvalue weighted by Gasteiger charge is -2.26. The molecule has 5 heteroatoms. The van der Waals surface area contributed by atoms with Crippen molar-refractivity contribution >= 4 is 11.7 Å². The van der Waals surface area contributed by atoms with E-state index in [-0.39, 0.29) is 11.7 Å². The Hall–Kier alpha value is -3.21. The van der Waals surface area contributed by atoms with Crippen molar-refractivity contribution in [3.05, 3.63) is 71.0 Å². The van der Waals surface area contributed by atoms with Crippen LogP contribution in [-0.4, -0.2) is 21.0 Å². The Morgan fingerprint density at radius 1 is 1.00 bits per heavy atom. The minimum absolute atomic E-state index is 0.0127. The molecule has 0 aliphatic heterocycles. The number of nitrogens with zero attached hydrogens (tertiary/aromatic N) is 2. The topological polar surface area (TPSA) is 75.1 Å². The summed E-state index contributed by atoms with van der Waals surface area (Å²) in [4.78, 5) is 22.9. The van der Waals surface area contributed by atoms with Gasteiger partial charge in [-0.15, -0.1) is 0 Å². The van der Waals surface area contributed by atoms with E-state index in [0.717, 1.165) is 59.5 Å². The lowest BCUT2D eigenvalue weighted by atomic mass is 9.85. The largest absolute Gasteiger partial charge is 0.508 e. The second kappa shape index (κ2) is 9.11. The van der Waals surface area contributed by atoms with Crippen molar-refractivity contribution in [2.75, 3.05) is 5.32 Å². The Kier molecular flexibility index (Phi) is 5.89. The van der Waals surface area contributed by atoms with E-state index < -0.39 is 0 Å². The molecule has 0 spiro atoms. The highest BCUT2D eigenvalue weighted by Gasteiger charge is 2.27. The van der Waals surface area contributed by atoms with Crippen LogP contribution in [0, 0.1) is 0 Å². The molecule has 5 rings (SSSR count). The van der Waals surface area contributed by atoms with E-state index in [1.54, 1.807) is 6.07 Å². The number of carbonyl (C=O) groups is 1. The van der Waals surface area contributed by atoms with Crippen molar-refractivity contribution in [3.63, 3.8) is 0 Å². The molecule has 0 radical (unpaired) electrons. The summed E-state index contributed by atoms with van der Waals surface area (Å²) in [6, 6.07) is 15.6. The number of carbonyl (C=O) groups excluding carboxylic acids is 1. The molecule has 1 saturated carbocycles. The third kappa shape index (κ3) is 4.38. The highest BCUT2D eigenvalue weighted by molar-refractivity contribution is 5.90. The van der Waals surface area contributed by atoms with Crippen LogP contribution in [0.5, 0.6) is 5.75 Å². The molecule has 0 atom stereocenters. The SMILES string of the molecule is O=C(CCc1ccccc1)Nc1nc2c(nc1C1CCCCC1)-c1ccc(O)cc1CC2. The number of hydrogen-bond acceptors (Lipinski definition) is 4. The first kappa shape index (κ1) is 20.7. The monoisotopic (exact) mass is 427 g/mol. The normalized spacial score (nSPS) is 15.6. The molecule has 1 fully saturated rings. The third-order valence-electron chi connectivity index (χ3n) is 6.70. The molecule has 1 amide bonds. The summed E-state index contributed by atoms with van der Waals surface area (Å²) in [5, 5.41) is 13.0. The molecule has 1 aromatic heterocycles. The number of aromatic nitrogens is 2. The Balaban J connectivity index is 1.45. The van der Waals surface area contributed by atoms with E-state index in [1.165, 1.54) is 19.3 Å². The number of phenolic OH excluding ortho intramolecular Hbond substituents is 1. The van der Waals surface area contributed by atoms with Gasteiger partial charge in [-0.3, -0.25) is 4.79 Å². The van der Waals surface area contributed by atoms with Crippen molar-refractivity contribution in [1.29, 1.82) is 0 Å². The molecule has 164 valence electrons. The highest BCUT2D eigenvalue weighted by atomic mass is 16.3. The van der Waals surface area contributed by atoms with E-state index in [0.29, 0.717) is 24.6 Å². The van der Waals surface area contributed by atoms with Crippen molar-refractivity contribution in [2.24, 2.45) is 0 Å². The molecule has 2 aromatic carbocycles. The molecule has 0 saturated heterocycles. The van der Waals surface area contributed by atoms with Crippen LogP contribution in [0.3, 0.4) is 0 Å². The minimum atomic E-state index is -0.0127. The molecule has 0 unspecified atom stereocenters. The van der Waals surface area contributed by atoms with Crippen LogP contribution in [0.15, 0.2) is 48.5 Å². The highest BCUT2D eigenvalue weighted by Crippen LogP contribution is 2.39. The number of anilines is 1. The van der Waals surface area contributed by atoms with Gasteiger partial charge in [0.1, 0.15) is 5.75 Å². The average molecular weight is 428 g/mol. The maximum atomic E-state index is 12.8. The zero-order valence-corrected chi connectivity index (χ0v) is 18.3. The first-order chi connectivity index (χ1) is 15.7. The summed E-state index contributed by atoms with van der Waals surface area (Å²) in [6.07, 6.45) is 8.52. The molecule has 3 aromatic rings. The summed E-state index contributed by atoms with van der Waals surface area (Å²) in [7, 11) is 0. The van der Waals surface area contributed by atoms with E-state index in [2.05, 4.69) is 17.4 Å². The van der Waals surface area contributed by atoms with Gasteiger partial charge in [0.2, 0.25) is 5.91 Å². The van der Waals surface area contributed by atoms with Gasteiger partial charge >= 0.3 is 0 Å². The number of aromatic hydroxyl groups is 1. The summed E-state index contributed by atoms with van der Waals surface area (Å²) < 4.78 is 0. The lowest BCUT2D eigenvalue weighted by Crippen LogP contribution is -2.20. The molecular formula is C27H29N3O2. The molecule has 0 bridgehead atoms. The van der Waals surface area contributed by atoms with Crippen LogP contribution in [0.1, 0.15) is 67.0 Å². The lowest BCUT2D eigenvalue weighted by molar-refractivity contribution is -0.116. The predicted molar refractivity (Wildman–Crippen MR) is 126 cm³/mol. The third-order valence-corrected chi connectivity index (χ3v) is 6.70. The Bertz CT molecular complexity index is 1120. The number of rotatable bonds is 5. The first-order valence-corrected chi connectivity index (χ1v) is 11.7. The number of amides is 1. The fourth-order valence-electron chi connectivity index (χ4n) is 4.99. The number of aryl methyl sites for hydroxylation is 3. The Morgan fingerprint density at radius 2 is 1.81 bits per heavy atom. The van der Waals surface area contributed by atoms with Gasteiger partial charge in [0.15, 0.2) is 5.82 Å². The van der Waals surface area contributed by atoms with Crippen molar-refractivity contribution < 1.29 is 9.90 Å². The van der Waals surface area contributed by atoms with Gasteiger partial charge in [0, 0.05) is 17.9 Å². The van der Waals surface area contributed by atoms with E-state index in [4.69, 9.17) is 9.97 Å². The van der Waals surface area contributed by atoms with Gasteiger partial charge in [-0.1, -0.05) is 49.6 Å². The van der Waals surface area contributed by atoms with E-state index in [1.807, 2.05) is 30.3 Å². The van der Waals surface area contributed by atoms with Crippen LogP contribution in [0.2, 0.25) is 0 Å². The van der Waals surface area contributed by atoms with Gasteiger partial charge in [0.05, 0.1) is 17.1 Å². The van der Waals surface area contributed by atoms with Crippen molar-refractivity contribution in [2.45, 2.75) is 63.7 Å². The van der Waals surface area contributed by atoms with Crippen molar-refractivity contribution in [3.8, 4) is 17.0 Å². The number of fused-ring (bicyclic) bond motifs is 3. The number of hydrogen-bond donors (Lipinski definition) is 2. The molecule has 2 aliphatic rings. The maximum absolute atomic E-state index is 12.8. The predicted octanol–water partition coefficient (Wildman–Crippen LogP) is 5.57. The average Bonchev–Trinajstić information content (AvgIpc) is 2.83. The molecule has 2 N–H and O–H groups in total. The van der Waals surface area contributed by atoms with E-state index >= 15 is 0 Å². The maximum Gasteiger partial charge on any atom is 0.225 e. The second-order valence-corrected chi connectivity index (χ2v) is 8.96. The summed E-state index contributed by atoms with van der Waals surface area (Å²) in [6.45, 7) is 0. The fourth-order valence-corrected chi connectivity index (χ4v) is 4.99. The fraction of sp³-hybridized carbons (Fsp3) is 0.370. The number of phenols is 1. The van der Waals surface area contributed by atoms with Gasteiger partial charge in [-0.25, -0.2) is 9.97 Å². The molecule has 32 heavy (non-hydrogen) atoms. The van der Waals surface area contributed by atoms with Crippen LogP contribution in [-0.2, 0) is 24.1 Å². The van der Waals surface area contributed by atoms with Crippen molar-refractivity contribution in [1.82, 2.24) is 9.97 Å². The smallest absolute Gasteiger partial charge is 0.225 e. The quantitative estimate of drug-likeness (QED) is 0.558. The molecule has 5 nitrogen and oxygen atoms in total. The summed E-state index contributed by atoms with van der Waals surface area (Å²) in [5.74, 6) is 1.25. The van der Waals surface area contributed by atoms with Gasteiger partial charge in [-0.2, -0.15) is 0 Å². The minimum Gasteiger partial charge on any atom is -0.508 e. The second-order valence-electron chi connectivity index (χ2n) is 8.96. The van der Waals surface area contributed by atoms with Crippen LogP contribution < -0.4 is 5.32 Å². The van der Waals surface area contributed by atoms with Gasteiger partial charge < -0.3 is 10.4 Å². The molecule has 1 heterocycles. The van der Waals surface area contributed by atoms with Crippen LogP contribution >= 0.6 is 0 Å². The van der Waals surface area contributed by atoms with Crippen LogP contribution in [0.4, 0.5) is 5.82 Å². The standard InChI is InChI=1S/C27H29N3O2/c31-21-13-14-22-20(17-21)12-15-23-26(22)30-25(19-9-5-2-6-10-19)27(28-23)29-24(32)16-11-18-7-3-1-4-8-18/h1,3-4,7-8,13-14,17,19,31H,2,5-6,9-12,15-16H2,(H,28,29,32). The summed E-state index contributed by atoms with van der Waals surface area (Å²) >= 11 is 0. The Morgan fingerprint density at radius 3 is 2.62 bits per heavy atom. The Labute approximate surface area is 188 Å². The first-order valence-electron chi connectivity index (χ1n) is 11.7. The van der Waals surface area contributed by atoms with Crippen LogP contribution in [0.25, 0.3) is 11.3 Å². The molecular weight excluding hydrogens is 398 g/mol. The van der Waals surface area contributed by atoms with Gasteiger partial charge in [-0.05, 0) is 61.4 Å². The summed E-state index contributed by atoms with van der Waals surface area (Å²) in [5.41, 5.74) is 6.09. The zero-order valence-electron chi connectivity index (χ0n) is 18.3. The zero-order chi connectivity index (χ0) is 21.9. The van der Waals surface area contributed by atoms with E-state index in [9.17, 15) is 9.90 Å². The molecule has 2 aliphatic carbocycles.